The van der Waals surface area contributed by atoms with Crippen molar-refractivity contribution in [2.45, 2.75) is 26.8 Å². The second-order valence-corrected chi connectivity index (χ2v) is 3.17. The van der Waals surface area contributed by atoms with E-state index < -0.39 is 5.92 Å². The molecule has 0 fully saturated rings. The number of nitrogens with zero attached hydrogens (tertiary/aromatic N) is 2. The smallest absolute Gasteiger partial charge is 0.237 e. The lowest BCUT2D eigenvalue weighted by Crippen LogP contribution is -2.29. The molecule has 0 saturated carbocycles. The van der Waals surface area contributed by atoms with E-state index in [1.807, 2.05) is 6.07 Å². The Kier molecular flexibility index (Phi) is 3.86. The summed E-state index contributed by atoms with van der Waals surface area (Å²) in [6.07, 6.45) is 2.09. The molecule has 1 rings (SSSR count). The van der Waals surface area contributed by atoms with Gasteiger partial charge in [0, 0.05) is 0 Å². The van der Waals surface area contributed by atoms with Crippen molar-refractivity contribution in [3.05, 3.63) is 17.8 Å². The first-order chi connectivity index (χ1) is 7.17. The molecule has 0 aromatic carbocycles. The minimum Gasteiger partial charge on any atom is -0.444 e. The molecule has 1 unspecified atom stereocenters. The van der Waals surface area contributed by atoms with Crippen LogP contribution in [0.5, 0.6) is 0 Å². The highest BCUT2D eigenvalue weighted by atomic mass is 16.4. The zero-order valence-electron chi connectivity index (χ0n) is 8.78. The van der Waals surface area contributed by atoms with Gasteiger partial charge >= 0.3 is 0 Å². The maximum Gasteiger partial charge on any atom is 0.237 e. The van der Waals surface area contributed by atoms with E-state index in [-0.39, 0.29) is 12.5 Å². The Morgan fingerprint density at radius 1 is 1.80 bits per heavy atom. The number of oxazole rings is 1. The quantitative estimate of drug-likeness (QED) is 0.803. The van der Waals surface area contributed by atoms with E-state index in [9.17, 15) is 4.79 Å². The summed E-state index contributed by atoms with van der Waals surface area (Å²) in [5, 5.41) is 11.2. The van der Waals surface area contributed by atoms with Crippen molar-refractivity contribution in [1.82, 2.24) is 10.3 Å². The summed E-state index contributed by atoms with van der Waals surface area (Å²) < 4.78 is 5.17. The molecule has 0 spiro atoms. The molecule has 80 valence electrons. The monoisotopic (exact) mass is 207 g/mol. The van der Waals surface area contributed by atoms with Crippen LogP contribution in [-0.2, 0) is 11.3 Å². The summed E-state index contributed by atoms with van der Waals surface area (Å²) in [5.41, 5.74) is 0. The van der Waals surface area contributed by atoms with Crippen LogP contribution in [0.15, 0.2) is 10.6 Å². The number of rotatable bonds is 4. The molecule has 0 bridgehead atoms. The maximum absolute atomic E-state index is 11.4. The van der Waals surface area contributed by atoms with Gasteiger partial charge in [-0.3, -0.25) is 4.79 Å². The molecule has 1 N–H and O–H groups in total. The van der Waals surface area contributed by atoms with Crippen molar-refractivity contribution in [2.24, 2.45) is 5.92 Å². The molecule has 1 heterocycles. The highest BCUT2D eigenvalue weighted by Crippen LogP contribution is 2.03. The molecular weight excluding hydrogens is 194 g/mol. The van der Waals surface area contributed by atoms with Crippen LogP contribution in [0.4, 0.5) is 0 Å². The van der Waals surface area contributed by atoms with E-state index in [2.05, 4.69) is 10.3 Å². The van der Waals surface area contributed by atoms with E-state index in [1.54, 1.807) is 20.0 Å². The van der Waals surface area contributed by atoms with Crippen molar-refractivity contribution >= 4 is 5.91 Å². The number of aromatic nitrogens is 1. The molecule has 15 heavy (non-hydrogen) atoms. The third kappa shape index (κ3) is 3.09. The second-order valence-electron chi connectivity index (χ2n) is 3.17. The lowest BCUT2D eigenvalue weighted by molar-refractivity contribution is -0.123. The van der Waals surface area contributed by atoms with Crippen LogP contribution in [0.1, 0.15) is 25.0 Å². The fraction of sp³-hybridized carbons (Fsp3) is 0.500. The van der Waals surface area contributed by atoms with Gasteiger partial charge in [0.05, 0.1) is 18.8 Å². The zero-order valence-corrected chi connectivity index (χ0v) is 8.78. The lowest BCUT2D eigenvalue weighted by atomic mass is 10.1. The van der Waals surface area contributed by atoms with Gasteiger partial charge in [-0.1, -0.05) is 6.92 Å². The molecule has 0 aliphatic heterocycles. The summed E-state index contributed by atoms with van der Waals surface area (Å²) in [7, 11) is 0. The molecule has 0 aliphatic carbocycles. The minimum absolute atomic E-state index is 0.227. The van der Waals surface area contributed by atoms with Gasteiger partial charge in [-0.15, -0.1) is 0 Å². The zero-order chi connectivity index (χ0) is 11.3. The van der Waals surface area contributed by atoms with Crippen LogP contribution in [0, 0.1) is 24.2 Å². The molecule has 1 aromatic heterocycles. The van der Waals surface area contributed by atoms with Crippen molar-refractivity contribution in [3.63, 3.8) is 0 Å². The number of nitrogens with one attached hydrogen (secondary N) is 1. The molecule has 5 nitrogen and oxygen atoms in total. The van der Waals surface area contributed by atoms with Crippen LogP contribution in [0.25, 0.3) is 0 Å². The fourth-order valence-electron chi connectivity index (χ4n) is 1.10. The molecule has 0 radical (unpaired) electrons. The van der Waals surface area contributed by atoms with Gasteiger partial charge < -0.3 is 9.73 Å². The average molecular weight is 207 g/mol. The number of hydrogen-bond acceptors (Lipinski definition) is 4. The van der Waals surface area contributed by atoms with Gasteiger partial charge in [-0.25, -0.2) is 4.98 Å². The lowest BCUT2D eigenvalue weighted by Gasteiger charge is -2.05. The Morgan fingerprint density at radius 2 is 2.53 bits per heavy atom. The molecule has 1 atom stereocenters. The third-order valence-electron chi connectivity index (χ3n) is 1.96. The van der Waals surface area contributed by atoms with E-state index in [0.717, 1.165) is 0 Å². The summed E-state index contributed by atoms with van der Waals surface area (Å²) in [6.45, 7) is 3.80. The van der Waals surface area contributed by atoms with Gasteiger partial charge in [0.2, 0.25) is 11.8 Å². The van der Waals surface area contributed by atoms with Crippen molar-refractivity contribution in [3.8, 4) is 6.07 Å². The van der Waals surface area contributed by atoms with Crippen LogP contribution in [-0.4, -0.2) is 10.9 Å². The predicted octanol–water partition coefficient (Wildman–Crippen LogP) is 1.15. The standard InChI is InChI=1S/C10H13N3O2/c1-3-8(4-11)10(14)13-6-9-12-5-7(2)15-9/h5,8H,3,6H2,1-2H3,(H,13,14). The first kappa shape index (κ1) is 11.2. The first-order valence-corrected chi connectivity index (χ1v) is 4.76. The van der Waals surface area contributed by atoms with Crippen molar-refractivity contribution in [1.29, 1.82) is 5.26 Å². The molecule has 0 aliphatic rings. The van der Waals surface area contributed by atoms with E-state index in [0.29, 0.717) is 18.1 Å². The number of hydrogen-bond donors (Lipinski definition) is 1. The summed E-state index contributed by atoms with van der Waals surface area (Å²) >= 11 is 0. The largest absolute Gasteiger partial charge is 0.444 e. The van der Waals surface area contributed by atoms with Gasteiger partial charge in [0.15, 0.2) is 0 Å². The number of aryl methyl sites for hydroxylation is 1. The highest BCUT2D eigenvalue weighted by Gasteiger charge is 2.15. The number of carbonyl (C=O) groups is 1. The molecule has 1 amide bonds. The number of amides is 1. The number of carbonyl (C=O) groups excluding carboxylic acids is 1. The van der Waals surface area contributed by atoms with Gasteiger partial charge in [-0.05, 0) is 13.3 Å². The van der Waals surface area contributed by atoms with Crippen LogP contribution < -0.4 is 5.32 Å². The topological polar surface area (TPSA) is 78.9 Å². The average Bonchev–Trinajstić information content (AvgIpc) is 2.63. The SMILES string of the molecule is CCC(C#N)C(=O)NCc1ncc(C)o1. The van der Waals surface area contributed by atoms with Crippen LogP contribution in [0.2, 0.25) is 0 Å². The Labute approximate surface area is 88.1 Å². The maximum atomic E-state index is 11.4. The van der Waals surface area contributed by atoms with Gasteiger partial charge in [0.1, 0.15) is 11.7 Å². The van der Waals surface area contributed by atoms with Crippen LogP contribution >= 0.6 is 0 Å². The predicted molar refractivity (Wildman–Crippen MR) is 52.5 cm³/mol. The Balaban J connectivity index is 2.44. The number of nitriles is 1. The van der Waals surface area contributed by atoms with Crippen LogP contribution in [0.3, 0.4) is 0 Å². The van der Waals surface area contributed by atoms with Crippen molar-refractivity contribution in [2.75, 3.05) is 0 Å². The van der Waals surface area contributed by atoms with Crippen molar-refractivity contribution < 1.29 is 9.21 Å². The minimum atomic E-state index is -0.596. The summed E-state index contributed by atoms with van der Waals surface area (Å²) in [5.74, 6) is 0.275. The Bertz CT molecular complexity index is 378. The third-order valence-corrected chi connectivity index (χ3v) is 1.96. The molecule has 0 saturated heterocycles. The molecule has 5 heteroatoms. The summed E-state index contributed by atoms with van der Waals surface area (Å²) in [4.78, 5) is 15.3. The summed E-state index contributed by atoms with van der Waals surface area (Å²) in [6, 6.07) is 1.93. The second kappa shape index (κ2) is 5.15. The first-order valence-electron chi connectivity index (χ1n) is 4.76. The van der Waals surface area contributed by atoms with Gasteiger partial charge in [0.25, 0.3) is 0 Å². The molecule has 1 aromatic rings. The van der Waals surface area contributed by atoms with Gasteiger partial charge in [-0.2, -0.15) is 5.26 Å². The van der Waals surface area contributed by atoms with E-state index in [4.69, 9.17) is 9.68 Å². The molecular formula is C10H13N3O2. The normalized spacial score (nSPS) is 11.8. The Hall–Kier alpha value is -1.83. The highest BCUT2D eigenvalue weighted by molar-refractivity contribution is 5.80. The van der Waals surface area contributed by atoms with E-state index in [1.165, 1.54) is 0 Å². The Morgan fingerprint density at radius 3 is 3.00 bits per heavy atom. The fourth-order valence-corrected chi connectivity index (χ4v) is 1.10. The van der Waals surface area contributed by atoms with E-state index >= 15 is 0 Å².